The fourth-order valence-corrected chi connectivity index (χ4v) is 4.85. The van der Waals surface area contributed by atoms with Crippen molar-refractivity contribution in [3.8, 4) is 0 Å². The van der Waals surface area contributed by atoms with Crippen molar-refractivity contribution in [3.63, 3.8) is 0 Å². The van der Waals surface area contributed by atoms with Crippen LogP contribution in [0.5, 0.6) is 0 Å². The van der Waals surface area contributed by atoms with Crippen molar-refractivity contribution in [2.75, 3.05) is 19.6 Å². The second-order valence-electron chi connectivity index (χ2n) is 7.39. The number of likely N-dealkylation sites (tertiary alicyclic amines) is 1. The average molecular weight is 342 g/mol. The summed E-state index contributed by atoms with van der Waals surface area (Å²) >= 11 is 1.66. The predicted octanol–water partition coefficient (Wildman–Crippen LogP) is 2.54. The lowest BCUT2D eigenvalue weighted by atomic mass is 10.1. The van der Waals surface area contributed by atoms with Gasteiger partial charge < -0.3 is 9.47 Å². The minimum Gasteiger partial charge on any atom is -0.337 e. The number of hydrogen-bond acceptors (Lipinski definition) is 4. The van der Waals surface area contributed by atoms with Crippen molar-refractivity contribution in [2.24, 2.45) is 5.92 Å². The average Bonchev–Trinajstić information content (AvgIpc) is 2.97. The summed E-state index contributed by atoms with van der Waals surface area (Å²) in [4.78, 5) is 22.2. The molecule has 5 rings (SSSR count). The van der Waals surface area contributed by atoms with Crippen LogP contribution in [0, 0.1) is 12.8 Å². The number of rotatable bonds is 4. The van der Waals surface area contributed by atoms with Gasteiger partial charge in [0.05, 0.1) is 29.3 Å². The SMILES string of the molecule is Cc1nc(CN2C(=O)c3cccn3[C@H]3CN(CC4CC4)C[C@@H]32)cs1. The third-order valence-electron chi connectivity index (χ3n) is 5.56. The molecule has 6 heteroatoms. The van der Waals surface area contributed by atoms with Gasteiger partial charge in [-0.2, -0.15) is 0 Å². The highest BCUT2D eigenvalue weighted by molar-refractivity contribution is 7.09. The molecule has 126 valence electrons. The number of amides is 1. The topological polar surface area (TPSA) is 41.4 Å². The van der Waals surface area contributed by atoms with Gasteiger partial charge in [-0.3, -0.25) is 9.69 Å². The molecule has 0 unspecified atom stereocenters. The lowest BCUT2D eigenvalue weighted by Gasteiger charge is -2.38. The number of thiazole rings is 1. The Morgan fingerprint density at radius 3 is 2.88 bits per heavy atom. The zero-order valence-corrected chi connectivity index (χ0v) is 14.7. The van der Waals surface area contributed by atoms with E-state index in [0.29, 0.717) is 12.6 Å². The van der Waals surface area contributed by atoms with Gasteiger partial charge in [0.1, 0.15) is 5.69 Å². The van der Waals surface area contributed by atoms with Gasteiger partial charge in [0.15, 0.2) is 0 Å². The Labute approximate surface area is 145 Å². The van der Waals surface area contributed by atoms with E-state index in [2.05, 4.69) is 30.9 Å². The summed E-state index contributed by atoms with van der Waals surface area (Å²) in [7, 11) is 0. The maximum absolute atomic E-state index is 13.0. The molecule has 1 saturated carbocycles. The normalized spacial score (nSPS) is 26.7. The lowest BCUT2D eigenvalue weighted by Crippen LogP contribution is -2.49. The highest BCUT2D eigenvalue weighted by Crippen LogP contribution is 2.37. The zero-order chi connectivity index (χ0) is 16.3. The Hall–Kier alpha value is -1.66. The molecule has 0 spiro atoms. The Morgan fingerprint density at radius 1 is 1.29 bits per heavy atom. The first-order chi connectivity index (χ1) is 11.7. The summed E-state index contributed by atoms with van der Waals surface area (Å²) in [5.74, 6) is 1.04. The van der Waals surface area contributed by atoms with Crippen molar-refractivity contribution >= 4 is 17.2 Å². The van der Waals surface area contributed by atoms with Crippen molar-refractivity contribution < 1.29 is 4.79 Å². The van der Waals surface area contributed by atoms with Gasteiger partial charge in [-0.25, -0.2) is 4.98 Å². The summed E-state index contributed by atoms with van der Waals surface area (Å²) in [5, 5.41) is 3.15. The van der Waals surface area contributed by atoms with E-state index in [1.165, 1.54) is 19.4 Å². The molecule has 5 nitrogen and oxygen atoms in total. The number of carbonyl (C=O) groups excluding carboxylic acids is 1. The first-order valence-corrected chi connectivity index (χ1v) is 9.68. The fourth-order valence-electron chi connectivity index (χ4n) is 4.25. The fraction of sp³-hybridized carbons (Fsp3) is 0.556. The molecule has 2 aromatic rings. The molecule has 2 aromatic heterocycles. The number of carbonyl (C=O) groups is 1. The maximum Gasteiger partial charge on any atom is 0.271 e. The smallest absolute Gasteiger partial charge is 0.271 e. The van der Waals surface area contributed by atoms with Crippen LogP contribution in [0.4, 0.5) is 0 Å². The molecule has 3 aliphatic rings. The quantitative estimate of drug-likeness (QED) is 0.857. The van der Waals surface area contributed by atoms with Gasteiger partial charge in [-0.15, -0.1) is 11.3 Å². The summed E-state index contributed by atoms with van der Waals surface area (Å²) in [6, 6.07) is 4.61. The third-order valence-corrected chi connectivity index (χ3v) is 6.39. The lowest BCUT2D eigenvalue weighted by molar-refractivity contribution is 0.0554. The van der Waals surface area contributed by atoms with Crippen molar-refractivity contribution in [2.45, 2.75) is 38.4 Å². The minimum atomic E-state index is 0.153. The second kappa shape index (κ2) is 5.43. The molecule has 0 N–H and O–H groups in total. The largest absolute Gasteiger partial charge is 0.337 e. The Morgan fingerprint density at radius 2 is 2.12 bits per heavy atom. The summed E-state index contributed by atoms with van der Waals surface area (Å²) in [6.45, 7) is 5.90. The van der Waals surface area contributed by atoms with E-state index < -0.39 is 0 Å². The number of fused-ring (bicyclic) bond motifs is 3. The summed E-state index contributed by atoms with van der Waals surface area (Å²) in [5.41, 5.74) is 1.85. The minimum absolute atomic E-state index is 0.153. The molecule has 2 fully saturated rings. The van der Waals surface area contributed by atoms with E-state index in [0.717, 1.165) is 35.4 Å². The zero-order valence-electron chi connectivity index (χ0n) is 13.9. The first kappa shape index (κ1) is 14.7. The Kier molecular flexibility index (Phi) is 3.31. The van der Waals surface area contributed by atoms with Gasteiger partial charge in [0, 0.05) is 31.2 Å². The van der Waals surface area contributed by atoms with Gasteiger partial charge in [-0.05, 0) is 37.8 Å². The molecule has 1 amide bonds. The molecule has 1 aliphatic carbocycles. The molecule has 0 aromatic carbocycles. The molecule has 4 heterocycles. The predicted molar refractivity (Wildman–Crippen MR) is 93.1 cm³/mol. The van der Waals surface area contributed by atoms with Crippen LogP contribution in [-0.4, -0.2) is 50.9 Å². The van der Waals surface area contributed by atoms with Crippen molar-refractivity contribution in [1.82, 2.24) is 19.4 Å². The summed E-state index contributed by atoms with van der Waals surface area (Å²) < 4.78 is 2.21. The van der Waals surface area contributed by atoms with E-state index in [1.807, 2.05) is 19.1 Å². The van der Waals surface area contributed by atoms with Gasteiger partial charge >= 0.3 is 0 Å². The molecule has 24 heavy (non-hydrogen) atoms. The van der Waals surface area contributed by atoms with Crippen LogP contribution in [0.3, 0.4) is 0 Å². The molecular formula is C18H22N4OS. The molecule has 2 atom stereocenters. The first-order valence-electron chi connectivity index (χ1n) is 8.80. The maximum atomic E-state index is 13.0. The van der Waals surface area contributed by atoms with Gasteiger partial charge in [0.2, 0.25) is 0 Å². The summed E-state index contributed by atoms with van der Waals surface area (Å²) in [6.07, 6.45) is 4.83. The van der Waals surface area contributed by atoms with E-state index >= 15 is 0 Å². The van der Waals surface area contributed by atoms with Crippen LogP contribution in [0.1, 0.15) is 40.1 Å². The van der Waals surface area contributed by atoms with Gasteiger partial charge in [-0.1, -0.05) is 0 Å². The third kappa shape index (κ3) is 2.40. The monoisotopic (exact) mass is 342 g/mol. The van der Waals surface area contributed by atoms with E-state index in [4.69, 9.17) is 0 Å². The van der Waals surface area contributed by atoms with Crippen LogP contribution < -0.4 is 0 Å². The van der Waals surface area contributed by atoms with E-state index in [9.17, 15) is 4.79 Å². The molecule has 0 bridgehead atoms. The van der Waals surface area contributed by atoms with E-state index in [-0.39, 0.29) is 11.9 Å². The van der Waals surface area contributed by atoms with Crippen LogP contribution in [0.25, 0.3) is 0 Å². The van der Waals surface area contributed by atoms with Crippen LogP contribution >= 0.6 is 11.3 Å². The van der Waals surface area contributed by atoms with Crippen LogP contribution in [0.2, 0.25) is 0 Å². The standard InChI is InChI=1S/C18H22N4OS/c1-12-19-14(11-24-12)8-22-17-10-20(7-13-4-5-13)9-16(17)21-6-2-3-15(21)18(22)23/h2-3,6,11,13,16-17H,4-5,7-10H2,1H3/t16-,17-/m0/s1. The van der Waals surface area contributed by atoms with Crippen LogP contribution in [-0.2, 0) is 6.54 Å². The van der Waals surface area contributed by atoms with Gasteiger partial charge in [0.25, 0.3) is 5.91 Å². The Balaban J connectivity index is 1.45. The number of aromatic nitrogens is 2. The molecule has 0 radical (unpaired) electrons. The molecule has 2 aliphatic heterocycles. The number of nitrogens with zero attached hydrogens (tertiary/aromatic N) is 4. The Bertz CT molecular complexity index is 778. The highest BCUT2D eigenvalue weighted by atomic mass is 32.1. The van der Waals surface area contributed by atoms with Crippen molar-refractivity contribution in [3.05, 3.63) is 40.1 Å². The molecule has 1 saturated heterocycles. The van der Waals surface area contributed by atoms with Crippen LogP contribution in [0.15, 0.2) is 23.7 Å². The van der Waals surface area contributed by atoms with Crippen molar-refractivity contribution in [1.29, 1.82) is 0 Å². The highest BCUT2D eigenvalue weighted by Gasteiger charge is 2.45. The number of hydrogen-bond donors (Lipinski definition) is 0. The number of aryl methyl sites for hydroxylation is 1. The van der Waals surface area contributed by atoms with E-state index in [1.54, 1.807) is 11.3 Å². The molecular weight excluding hydrogens is 320 g/mol. The second-order valence-corrected chi connectivity index (χ2v) is 8.45.